The largest absolute Gasteiger partial charge is 0.311 e. The lowest BCUT2D eigenvalue weighted by Crippen LogP contribution is -2.50. The highest BCUT2D eigenvalue weighted by Gasteiger charge is 2.38. The molecule has 2 aliphatic rings. The van der Waals surface area contributed by atoms with Gasteiger partial charge in [-0.2, -0.15) is 0 Å². The second kappa shape index (κ2) is 7.46. The van der Waals surface area contributed by atoms with E-state index in [1.54, 1.807) is 0 Å². The number of nitrogens with zero attached hydrogens (tertiary/aromatic N) is 1. The lowest BCUT2D eigenvalue weighted by molar-refractivity contribution is 0.0893. The third-order valence-electron chi connectivity index (χ3n) is 5.31. The van der Waals surface area contributed by atoms with Crippen LogP contribution in [-0.4, -0.2) is 36.1 Å². The Hall–Kier alpha value is -0.0800. The molecule has 0 aromatic heterocycles. The van der Waals surface area contributed by atoms with Crippen molar-refractivity contribution in [3.63, 3.8) is 0 Å². The van der Waals surface area contributed by atoms with E-state index in [0.717, 1.165) is 6.04 Å². The third kappa shape index (κ3) is 5.90. The fourth-order valence-electron chi connectivity index (χ4n) is 3.77. The van der Waals surface area contributed by atoms with Crippen molar-refractivity contribution in [2.24, 2.45) is 5.41 Å². The summed E-state index contributed by atoms with van der Waals surface area (Å²) in [6.07, 6.45) is 12.8. The zero-order chi connectivity index (χ0) is 15.3. The van der Waals surface area contributed by atoms with Gasteiger partial charge in [0, 0.05) is 24.7 Å². The quantitative estimate of drug-likeness (QED) is 0.704. The third-order valence-corrected chi connectivity index (χ3v) is 5.31. The van der Waals surface area contributed by atoms with E-state index in [9.17, 15) is 0 Å². The second-order valence-corrected chi connectivity index (χ2v) is 8.72. The Morgan fingerprint density at radius 2 is 1.76 bits per heavy atom. The van der Waals surface area contributed by atoms with Crippen molar-refractivity contribution in [2.75, 3.05) is 19.6 Å². The van der Waals surface area contributed by atoms with Crippen LogP contribution in [0.15, 0.2) is 0 Å². The average Bonchev–Trinajstić information content (AvgIpc) is 3.26. The summed E-state index contributed by atoms with van der Waals surface area (Å²) < 4.78 is 0. The van der Waals surface area contributed by atoms with Gasteiger partial charge in [-0.15, -0.1) is 0 Å². The Kier molecular flexibility index (Phi) is 6.14. The van der Waals surface area contributed by atoms with Crippen LogP contribution >= 0.6 is 0 Å². The van der Waals surface area contributed by atoms with Crippen molar-refractivity contribution < 1.29 is 0 Å². The molecule has 0 saturated heterocycles. The van der Waals surface area contributed by atoms with E-state index in [-0.39, 0.29) is 5.54 Å². The Morgan fingerprint density at radius 1 is 1.10 bits per heavy atom. The highest BCUT2D eigenvalue weighted by molar-refractivity contribution is 4.94. The zero-order valence-corrected chi connectivity index (χ0v) is 15.0. The first-order chi connectivity index (χ1) is 9.94. The summed E-state index contributed by atoms with van der Waals surface area (Å²) >= 11 is 0. The van der Waals surface area contributed by atoms with E-state index >= 15 is 0 Å². The molecule has 0 spiro atoms. The average molecular weight is 295 g/mol. The molecule has 0 atom stereocenters. The van der Waals surface area contributed by atoms with E-state index < -0.39 is 0 Å². The van der Waals surface area contributed by atoms with Gasteiger partial charge >= 0.3 is 0 Å². The number of nitrogens with one attached hydrogen (secondary N) is 1. The zero-order valence-electron chi connectivity index (χ0n) is 15.0. The summed E-state index contributed by atoms with van der Waals surface area (Å²) in [5.74, 6) is 0. The molecule has 0 heterocycles. The number of hydrogen-bond acceptors (Lipinski definition) is 2. The first-order valence-corrected chi connectivity index (χ1v) is 9.43. The first-order valence-electron chi connectivity index (χ1n) is 9.43. The van der Waals surface area contributed by atoms with Crippen LogP contribution in [0.3, 0.4) is 0 Å². The van der Waals surface area contributed by atoms with Crippen LogP contribution in [-0.2, 0) is 0 Å². The fourth-order valence-corrected chi connectivity index (χ4v) is 3.77. The maximum absolute atomic E-state index is 3.83. The molecular weight excluding hydrogens is 256 g/mol. The Morgan fingerprint density at radius 3 is 2.29 bits per heavy atom. The molecule has 2 rings (SSSR count). The molecule has 21 heavy (non-hydrogen) atoms. The predicted molar refractivity (Wildman–Crippen MR) is 92.8 cm³/mol. The lowest BCUT2D eigenvalue weighted by Gasteiger charge is -2.43. The van der Waals surface area contributed by atoms with Crippen LogP contribution in [0.25, 0.3) is 0 Å². The van der Waals surface area contributed by atoms with Crippen molar-refractivity contribution in [1.29, 1.82) is 0 Å². The Bertz CT molecular complexity index is 295. The Labute approximate surface area is 133 Å². The van der Waals surface area contributed by atoms with Crippen molar-refractivity contribution in [2.45, 2.75) is 97.1 Å². The van der Waals surface area contributed by atoms with Gasteiger partial charge in [0.1, 0.15) is 0 Å². The first kappa shape index (κ1) is 17.3. The molecule has 124 valence electrons. The SMILES string of the molecule is CCCCN(CC1(CNC(C)(C)C)CCCCC1)C1CC1. The minimum absolute atomic E-state index is 0.248. The summed E-state index contributed by atoms with van der Waals surface area (Å²) in [4.78, 5) is 2.85. The minimum atomic E-state index is 0.248. The lowest BCUT2D eigenvalue weighted by atomic mass is 9.73. The van der Waals surface area contributed by atoms with Gasteiger partial charge in [0.15, 0.2) is 0 Å². The standard InChI is InChI=1S/C19H38N2/c1-5-6-14-21(17-10-11-17)16-19(12-8-7-9-13-19)15-20-18(2,3)4/h17,20H,5-16H2,1-4H3. The molecule has 1 N–H and O–H groups in total. The van der Waals surface area contributed by atoms with Crippen LogP contribution in [0.5, 0.6) is 0 Å². The van der Waals surface area contributed by atoms with E-state index in [4.69, 9.17) is 0 Å². The predicted octanol–water partition coefficient (Wildman–Crippen LogP) is 4.59. The molecule has 0 unspecified atom stereocenters. The number of unbranched alkanes of at least 4 members (excludes halogenated alkanes) is 1. The van der Waals surface area contributed by atoms with Gasteiger partial charge in [-0.25, -0.2) is 0 Å². The molecule has 2 heteroatoms. The summed E-state index contributed by atoms with van der Waals surface area (Å²) in [7, 11) is 0. The van der Waals surface area contributed by atoms with Gasteiger partial charge in [0.25, 0.3) is 0 Å². The van der Waals surface area contributed by atoms with Crippen LogP contribution in [0.1, 0.15) is 85.5 Å². The van der Waals surface area contributed by atoms with Crippen LogP contribution in [0, 0.1) is 5.41 Å². The number of rotatable bonds is 8. The maximum Gasteiger partial charge on any atom is 0.00967 e. The summed E-state index contributed by atoms with van der Waals surface area (Å²) in [6, 6.07) is 0.921. The topological polar surface area (TPSA) is 15.3 Å². The van der Waals surface area contributed by atoms with Gasteiger partial charge in [0.05, 0.1) is 0 Å². The normalized spacial score (nSPS) is 22.7. The molecule has 2 aliphatic carbocycles. The van der Waals surface area contributed by atoms with Gasteiger partial charge in [-0.05, 0) is 64.8 Å². The smallest absolute Gasteiger partial charge is 0.00967 e. The van der Waals surface area contributed by atoms with Crippen molar-refractivity contribution in [1.82, 2.24) is 10.2 Å². The molecule has 2 saturated carbocycles. The Balaban J connectivity index is 1.96. The van der Waals surface area contributed by atoms with Crippen LogP contribution in [0.2, 0.25) is 0 Å². The van der Waals surface area contributed by atoms with E-state index in [0.29, 0.717) is 5.41 Å². The minimum Gasteiger partial charge on any atom is -0.311 e. The molecule has 0 aromatic rings. The summed E-state index contributed by atoms with van der Waals surface area (Å²) in [5, 5.41) is 3.83. The molecule has 2 nitrogen and oxygen atoms in total. The van der Waals surface area contributed by atoms with E-state index in [1.807, 2.05) is 0 Å². The van der Waals surface area contributed by atoms with Crippen molar-refractivity contribution in [3.8, 4) is 0 Å². The number of hydrogen-bond donors (Lipinski definition) is 1. The van der Waals surface area contributed by atoms with E-state index in [1.165, 1.54) is 77.4 Å². The highest BCUT2D eigenvalue weighted by atomic mass is 15.2. The molecule has 0 radical (unpaired) electrons. The summed E-state index contributed by atoms with van der Waals surface area (Å²) in [6.45, 7) is 13.1. The molecule has 0 amide bonds. The van der Waals surface area contributed by atoms with Crippen LogP contribution in [0.4, 0.5) is 0 Å². The van der Waals surface area contributed by atoms with Gasteiger partial charge in [-0.1, -0.05) is 32.6 Å². The second-order valence-electron chi connectivity index (χ2n) is 8.72. The molecule has 2 fully saturated rings. The molecule has 0 aliphatic heterocycles. The van der Waals surface area contributed by atoms with Gasteiger partial charge in [-0.3, -0.25) is 4.90 Å². The van der Waals surface area contributed by atoms with Crippen molar-refractivity contribution >= 4 is 0 Å². The molecule has 0 aromatic carbocycles. The maximum atomic E-state index is 3.83. The monoisotopic (exact) mass is 294 g/mol. The van der Waals surface area contributed by atoms with Crippen molar-refractivity contribution in [3.05, 3.63) is 0 Å². The summed E-state index contributed by atoms with van der Waals surface area (Å²) in [5.41, 5.74) is 0.792. The van der Waals surface area contributed by atoms with E-state index in [2.05, 4.69) is 37.9 Å². The highest BCUT2D eigenvalue weighted by Crippen LogP contribution is 2.39. The molecular formula is C19H38N2. The van der Waals surface area contributed by atoms with Crippen LogP contribution < -0.4 is 5.32 Å². The molecule has 0 bridgehead atoms. The van der Waals surface area contributed by atoms with Gasteiger partial charge in [0.2, 0.25) is 0 Å². The fraction of sp³-hybridized carbons (Fsp3) is 1.00. The van der Waals surface area contributed by atoms with Gasteiger partial charge < -0.3 is 5.32 Å².